The van der Waals surface area contributed by atoms with E-state index in [2.05, 4.69) is 54.6 Å². The minimum atomic E-state index is -0.699. The van der Waals surface area contributed by atoms with Gasteiger partial charge >= 0.3 is 0 Å². The Bertz CT molecular complexity index is 4240. The molecular weight excluding hydrogens is 755 g/mol. The van der Waals surface area contributed by atoms with Crippen LogP contribution in [0.15, 0.2) is 224 Å². The first-order valence-electron chi connectivity index (χ1n) is 27.6. The van der Waals surface area contributed by atoms with Crippen LogP contribution in [0.1, 0.15) is 21.9 Å². The van der Waals surface area contributed by atoms with E-state index in [0.29, 0.717) is 11.1 Å². The van der Waals surface area contributed by atoms with Crippen LogP contribution in [0.3, 0.4) is 0 Å². The Labute approximate surface area is 381 Å². The molecule has 12 aromatic rings. The molecule has 0 aliphatic rings. The Morgan fingerprint density at radius 1 is 0.290 bits per heavy atom. The molecular formula is C57H37N5. The van der Waals surface area contributed by atoms with Crippen LogP contribution in [-0.4, -0.2) is 24.1 Å². The second kappa shape index (κ2) is 14.7. The molecule has 12 rings (SSSR count). The van der Waals surface area contributed by atoms with E-state index in [1.165, 1.54) is 0 Å². The molecule has 3 aromatic heterocycles. The molecule has 0 radical (unpaired) electrons. The van der Waals surface area contributed by atoms with Gasteiger partial charge < -0.3 is 0 Å². The smallest absolute Gasteiger partial charge is 0.240 e. The second-order valence-electron chi connectivity index (χ2n) is 14.5. The Morgan fingerprint density at radius 2 is 0.597 bits per heavy atom. The number of hydrogen-bond donors (Lipinski definition) is 0. The van der Waals surface area contributed by atoms with Crippen LogP contribution in [0.5, 0.6) is 0 Å². The van der Waals surface area contributed by atoms with E-state index in [9.17, 15) is 5.48 Å². The van der Waals surface area contributed by atoms with Gasteiger partial charge in [0.25, 0.3) is 0 Å². The highest BCUT2D eigenvalue weighted by Crippen LogP contribution is 2.36. The molecule has 0 N–H and O–H groups in total. The van der Waals surface area contributed by atoms with Crippen LogP contribution < -0.4 is 0 Å². The van der Waals surface area contributed by atoms with E-state index >= 15 is 0 Å². The summed E-state index contributed by atoms with van der Waals surface area (Å²) in [5.74, 6) is -1.08. The van der Waals surface area contributed by atoms with Crippen molar-refractivity contribution in [1.82, 2.24) is 24.1 Å². The van der Waals surface area contributed by atoms with E-state index in [1.807, 2.05) is 54.6 Å². The van der Waals surface area contributed by atoms with E-state index in [-0.39, 0.29) is 49.4 Å². The summed E-state index contributed by atoms with van der Waals surface area (Å²) in [6.07, 6.45) is 0. The molecule has 3 heterocycles. The van der Waals surface area contributed by atoms with Gasteiger partial charge in [-0.25, -0.2) is 0 Å². The van der Waals surface area contributed by atoms with Crippen molar-refractivity contribution in [3.8, 4) is 67.8 Å². The van der Waals surface area contributed by atoms with Gasteiger partial charge in [0.15, 0.2) is 5.82 Å². The summed E-state index contributed by atoms with van der Waals surface area (Å²) < 4.78 is 145. The highest BCUT2D eigenvalue weighted by Gasteiger charge is 2.20. The zero-order chi connectivity index (χ0) is 54.9. The number of rotatable bonds is 7. The van der Waals surface area contributed by atoms with Crippen molar-refractivity contribution in [3.63, 3.8) is 0 Å². The van der Waals surface area contributed by atoms with Gasteiger partial charge in [-0.1, -0.05) is 182 Å². The largest absolute Gasteiger partial charge is 0.278 e. The third kappa shape index (κ3) is 6.06. The van der Waals surface area contributed by atoms with E-state index in [4.69, 9.17) is 31.4 Å². The van der Waals surface area contributed by atoms with Crippen LogP contribution in [0.4, 0.5) is 0 Å². The summed E-state index contributed by atoms with van der Waals surface area (Å²) in [5.41, 5.74) is 6.69. The fourth-order valence-corrected chi connectivity index (χ4v) is 8.00. The lowest BCUT2D eigenvalue weighted by Gasteiger charge is -2.13. The maximum Gasteiger partial charge on any atom is 0.240 e. The van der Waals surface area contributed by atoms with Gasteiger partial charge in [0.1, 0.15) is 0 Å². The summed E-state index contributed by atoms with van der Waals surface area (Å²) in [6.45, 7) is 0. The third-order valence-corrected chi connectivity index (χ3v) is 10.9. The molecule has 5 nitrogen and oxygen atoms in total. The predicted octanol–water partition coefficient (Wildman–Crippen LogP) is 14.4. The first-order valence-corrected chi connectivity index (χ1v) is 19.6. The van der Waals surface area contributed by atoms with Crippen molar-refractivity contribution in [2.24, 2.45) is 0 Å². The van der Waals surface area contributed by atoms with Crippen LogP contribution >= 0.6 is 0 Å². The van der Waals surface area contributed by atoms with E-state index in [1.54, 1.807) is 18.2 Å². The highest BCUT2D eigenvalue weighted by molar-refractivity contribution is 6.10. The van der Waals surface area contributed by atoms with Gasteiger partial charge in [0, 0.05) is 27.1 Å². The molecule has 0 saturated carbocycles. The SMILES string of the molecule is [2H]c1c([2H])c([2H])c2c(c1[2H])c1c([2H])c([2H])c([2H])c([2H])c1n2-c1nc(-c2cccc(-c3cccc(-c4ccc(-c5cccc(-c6ccccc6)c5)cc4)c3)c2)nc(-n2c3c([2H])c([2H])c([2H])c([2H])c3c3c([2H])c([2H])c([2H])c([2H])c32)n1. The summed E-state index contributed by atoms with van der Waals surface area (Å²) >= 11 is 0. The van der Waals surface area contributed by atoms with Crippen molar-refractivity contribution >= 4 is 43.6 Å². The molecule has 0 atom stereocenters. The average molecular weight is 808 g/mol. The topological polar surface area (TPSA) is 48.5 Å². The lowest BCUT2D eigenvalue weighted by atomic mass is 9.95. The molecule has 62 heavy (non-hydrogen) atoms. The molecule has 0 bridgehead atoms. The summed E-state index contributed by atoms with van der Waals surface area (Å²) in [6, 6.07) is 31.2. The lowest BCUT2D eigenvalue weighted by Crippen LogP contribution is -2.10. The van der Waals surface area contributed by atoms with Crippen molar-refractivity contribution in [2.75, 3.05) is 0 Å². The van der Waals surface area contributed by atoms with Gasteiger partial charge in [-0.15, -0.1) is 0 Å². The second-order valence-corrected chi connectivity index (χ2v) is 14.5. The van der Waals surface area contributed by atoms with Crippen LogP contribution in [0.2, 0.25) is 0 Å². The molecule has 0 fully saturated rings. The molecule has 0 aliphatic heterocycles. The molecule has 0 saturated heterocycles. The van der Waals surface area contributed by atoms with Gasteiger partial charge in [-0.3, -0.25) is 9.13 Å². The van der Waals surface area contributed by atoms with Crippen molar-refractivity contribution in [3.05, 3.63) is 224 Å². The Kier molecular flexibility index (Phi) is 5.41. The maximum atomic E-state index is 9.23. The monoisotopic (exact) mass is 807 g/mol. The normalized spacial score (nSPS) is 15.2. The Hall–Kier alpha value is -8.41. The summed E-state index contributed by atoms with van der Waals surface area (Å²) in [7, 11) is 0. The number of aromatic nitrogens is 5. The van der Waals surface area contributed by atoms with Gasteiger partial charge in [0.05, 0.1) is 44.0 Å². The van der Waals surface area contributed by atoms with Crippen LogP contribution in [0.25, 0.3) is 111 Å². The molecule has 5 heteroatoms. The Balaban J connectivity index is 1.09. The van der Waals surface area contributed by atoms with E-state index in [0.717, 1.165) is 48.1 Å². The number of hydrogen-bond acceptors (Lipinski definition) is 3. The first-order chi connectivity index (χ1) is 37.4. The van der Waals surface area contributed by atoms with Crippen LogP contribution in [-0.2, 0) is 0 Å². The molecule has 290 valence electrons. The maximum absolute atomic E-state index is 9.23. The summed E-state index contributed by atoms with van der Waals surface area (Å²) in [4.78, 5) is 14.6. The quantitative estimate of drug-likeness (QED) is 0.161. The Morgan fingerprint density at radius 3 is 1.00 bits per heavy atom. The highest BCUT2D eigenvalue weighted by atomic mass is 15.3. The minimum absolute atomic E-state index is 0.145. The molecule has 9 aromatic carbocycles. The van der Waals surface area contributed by atoms with Crippen molar-refractivity contribution in [2.45, 2.75) is 0 Å². The van der Waals surface area contributed by atoms with Crippen molar-refractivity contribution in [1.29, 1.82) is 0 Å². The van der Waals surface area contributed by atoms with Gasteiger partial charge in [-0.2, -0.15) is 15.0 Å². The van der Waals surface area contributed by atoms with E-state index < -0.39 is 109 Å². The number of benzene rings is 9. The van der Waals surface area contributed by atoms with Crippen LogP contribution in [0, 0.1) is 0 Å². The zero-order valence-electron chi connectivity index (χ0n) is 48.4. The van der Waals surface area contributed by atoms with Gasteiger partial charge in [0.2, 0.25) is 11.9 Å². The fourth-order valence-electron chi connectivity index (χ4n) is 8.00. The first kappa shape index (κ1) is 22.8. The summed E-state index contributed by atoms with van der Waals surface area (Å²) in [5, 5.41) is -1.05. The number of para-hydroxylation sites is 4. The predicted molar refractivity (Wildman–Crippen MR) is 256 cm³/mol. The van der Waals surface area contributed by atoms with Crippen molar-refractivity contribution < 1.29 is 21.9 Å². The average Bonchev–Trinajstić information content (AvgIpc) is 3.84. The molecule has 0 spiro atoms. The van der Waals surface area contributed by atoms with Gasteiger partial charge in [-0.05, 0) is 86.9 Å². The number of fused-ring (bicyclic) bond motifs is 6. The molecule has 0 aliphatic carbocycles. The lowest BCUT2D eigenvalue weighted by molar-refractivity contribution is 0.893. The zero-order valence-corrected chi connectivity index (χ0v) is 32.4. The third-order valence-electron chi connectivity index (χ3n) is 10.9. The number of nitrogens with zero attached hydrogens (tertiary/aromatic N) is 5. The molecule has 0 amide bonds. The minimum Gasteiger partial charge on any atom is -0.278 e. The standard InChI is InChI=1S/C57H37N5/c1-2-15-38(16-3-1)41-17-12-18-42(35-41)39-31-33-40(34-32-39)43-19-13-20-44(36-43)45-21-14-22-46(37-45)55-58-56(61-51-27-8-4-23-47(51)48-24-5-9-28-52(48)61)60-57(59-55)62-53-29-10-6-25-49(53)50-26-7-11-30-54(50)62/h1-37H/i4D,5D,6D,7D,8D,9D,10D,11D,23D,24D,25D,26D,27D,28D,29D,30D. The fraction of sp³-hybridized carbons (Fsp3) is 0. The molecule has 0 unspecified atom stereocenters.